The molecule has 0 aliphatic heterocycles. The van der Waals surface area contributed by atoms with Crippen LogP contribution in [-0.4, -0.2) is 79.5 Å². The number of imidazole rings is 2. The topological polar surface area (TPSA) is 192 Å². The number of hydrogen-bond acceptors (Lipinski definition) is 8. The zero-order valence-corrected chi connectivity index (χ0v) is 35.8. The van der Waals surface area contributed by atoms with E-state index in [1.807, 2.05) is 41.1 Å². The van der Waals surface area contributed by atoms with Crippen molar-refractivity contribution in [3.63, 3.8) is 0 Å². The van der Waals surface area contributed by atoms with Gasteiger partial charge in [0, 0.05) is 62.2 Å². The van der Waals surface area contributed by atoms with E-state index in [1.54, 1.807) is 55.1 Å². The molecule has 5 aromatic rings. The first-order valence-electron chi connectivity index (χ1n) is 21.9. The van der Waals surface area contributed by atoms with Crippen LogP contribution in [0.15, 0.2) is 110 Å². The molecule has 0 unspecified atom stereocenters. The van der Waals surface area contributed by atoms with Gasteiger partial charge in [0.25, 0.3) is 5.91 Å². The zero-order chi connectivity index (χ0) is 43.8. The number of rotatable bonds is 28. The Morgan fingerprint density at radius 3 is 1.95 bits per heavy atom. The first kappa shape index (κ1) is 46.6. The molecule has 4 amide bonds. The average Bonchev–Trinajstić information content (AvgIpc) is 4.01. The fourth-order valence-electron chi connectivity index (χ4n) is 7.07. The summed E-state index contributed by atoms with van der Waals surface area (Å²) in [6.45, 7) is 3.86. The number of benzene rings is 3. The van der Waals surface area contributed by atoms with Crippen molar-refractivity contribution in [2.45, 2.75) is 115 Å². The van der Waals surface area contributed by atoms with Crippen molar-refractivity contribution in [3.05, 3.63) is 132 Å². The maximum absolute atomic E-state index is 14.3. The molecule has 0 aliphatic carbocycles. The lowest BCUT2D eigenvalue weighted by molar-refractivity contribution is -0.132. The fourth-order valence-corrected chi connectivity index (χ4v) is 7.07. The molecule has 0 radical (unpaired) electrons. The van der Waals surface area contributed by atoms with Gasteiger partial charge in [-0.15, -0.1) is 0 Å². The summed E-state index contributed by atoms with van der Waals surface area (Å²) < 4.78 is 7.85. The van der Waals surface area contributed by atoms with E-state index in [2.05, 4.69) is 43.1 Å². The van der Waals surface area contributed by atoms with Gasteiger partial charge in [0.1, 0.15) is 29.6 Å². The summed E-state index contributed by atoms with van der Waals surface area (Å²) in [4.78, 5) is 66.9. The maximum Gasteiger partial charge on any atom is 0.251 e. The molecule has 5 rings (SSSR count). The molecule has 2 aromatic heterocycles. The number of H-pyrrole nitrogens is 1. The van der Waals surface area contributed by atoms with Crippen LogP contribution in [0.4, 0.5) is 0 Å². The van der Waals surface area contributed by atoms with Crippen LogP contribution in [-0.2, 0) is 40.2 Å². The summed E-state index contributed by atoms with van der Waals surface area (Å²) in [6.07, 6.45) is 20.3. The number of unbranched alkanes of at least 4 members (excludes halogenated alkanes) is 8. The number of phenolic OH excluding ortho intramolecular Hbond substituents is 1. The van der Waals surface area contributed by atoms with E-state index in [0.29, 0.717) is 48.7 Å². The molecule has 0 fully saturated rings. The first-order valence-corrected chi connectivity index (χ1v) is 21.9. The minimum absolute atomic E-state index is 0.0354. The Balaban J connectivity index is 1.24. The number of nitrogens with zero attached hydrogens (tertiary/aromatic N) is 3. The largest absolute Gasteiger partial charge is 0.508 e. The Hall–Kier alpha value is -6.44. The van der Waals surface area contributed by atoms with Crippen molar-refractivity contribution in [1.82, 2.24) is 40.8 Å². The van der Waals surface area contributed by atoms with Gasteiger partial charge in [-0.25, -0.2) is 9.97 Å². The Labute approximate surface area is 364 Å². The van der Waals surface area contributed by atoms with E-state index in [1.165, 1.54) is 63.4 Å². The van der Waals surface area contributed by atoms with Crippen LogP contribution in [0.1, 0.15) is 98.3 Å². The highest BCUT2D eigenvalue weighted by molar-refractivity contribution is 5.99. The lowest BCUT2D eigenvalue weighted by Crippen LogP contribution is -2.58. The summed E-state index contributed by atoms with van der Waals surface area (Å²) in [6, 6.07) is 19.2. The lowest BCUT2D eigenvalue weighted by atomic mass is 10.0. The van der Waals surface area contributed by atoms with Crippen LogP contribution in [0.2, 0.25) is 0 Å². The van der Waals surface area contributed by atoms with Gasteiger partial charge in [-0.2, -0.15) is 0 Å². The molecule has 0 saturated carbocycles. The Kier molecular flexibility index (Phi) is 19.6. The van der Waals surface area contributed by atoms with Gasteiger partial charge in [0.05, 0.1) is 19.3 Å². The number of aromatic amines is 1. The number of aryl methyl sites for hydroxylation is 1. The maximum atomic E-state index is 14.3. The third-order valence-electron chi connectivity index (χ3n) is 10.6. The van der Waals surface area contributed by atoms with E-state index in [4.69, 9.17) is 4.74 Å². The van der Waals surface area contributed by atoms with Gasteiger partial charge >= 0.3 is 0 Å². The number of carbonyl (C=O) groups is 4. The number of aromatic nitrogens is 4. The summed E-state index contributed by atoms with van der Waals surface area (Å²) in [7, 11) is 0. The second-order valence-electron chi connectivity index (χ2n) is 15.6. The normalized spacial score (nSPS) is 12.5. The van der Waals surface area contributed by atoms with Gasteiger partial charge in [-0.05, 0) is 60.4 Å². The number of hydrogen-bond donors (Lipinski definition) is 6. The standard InChI is InChI=1S/C48H62N8O6/c1-2-3-4-5-6-7-8-9-13-29-62-41-23-19-38(20-24-41)45(58)53-44(32-39-33-50-34-52-39)48(61)55-43(31-37-17-21-40(57)22-18-37)47(60)54-42(30-36-15-11-10-12-16-36)46(59)51-25-14-27-56-28-26-49-35-56/h10-12,15-24,26,28,33-35,42-44,57H,2-9,13-14,25,27,29-32H2,1H3,(H,50,52)(H,51,59)(H,53,58)(H,54,60)(H,55,61)/t42-,43-,44-/m0/s1. The Morgan fingerprint density at radius 2 is 1.32 bits per heavy atom. The molecule has 14 heteroatoms. The average molecular weight is 847 g/mol. The highest BCUT2D eigenvalue weighted by Crippen LogP contribution is 2.16. The van der Waals surface area contributed by atoms with Crippen LogP contribution in [0.5, 0.6) is 11.5 Å². The van der Waals surface area contributed by atoms with Gasteiger partial charge in [0.15, 0.2) is 0 Å². The summed E-state index contributed by atoms with van der Waals surface area (Å²) >= 11 is 0. The van der Waals surface area contributed by atoms with Crippen LogP contribution >= 0.6 is 0 Å². The molecular formula is C48H62N8O6. The Morgan fingerprint density at radius 1 is 0.694 bits per heavy atom. The highest BCUT2D eigenvalue weighted by atomic mass is 16.5. The summed E-state index contributed by atoms with van der Waals surface area (Å²) in [5.74, 6) is -1.35. The van der Waals surface area contributed by atoms with Crippen molar-refractivity contribution in [1.29, 1.82) is 0 Å². The second kappa shape index (κ2) is 26.0. The third kappa shape index (κ3) is 16.5. The first-order chi connectivity index (χ1) is 30.3. The zero-order valence-electron chi connectivity index (χ0n) is 35.8. The van der Waals surface area contributed by atoms with Gasteiger partial charge < -0.3 is 40.7 Å². The van der Waals surface area contributed by atoms with Crippen LogP contribution in [0, 0.1) is 0 Å². The molecule has 0 saturated heterocycles. The highest BCUT2D eigenvalue weighted by Gasteiger charge is 2.31. The number of carbonyl (C=O) groups excluding carboxylic acids is 4. The minimum atomic E-state index is -1.16. The van der Waals surface area contributed by atoms with E-state index < -0.39 is 35.8 Å². The lowest BCUT2D eigenvalue weighted by Gasteiger charge is -2.26. The molecule has 14 nitrogen and oxygen atoms in total. The van der Waals surface area contributed by atoms with Gasteiger partial charge in [-0.1, -0.05) is 101 Å². The molecule has 3 atom stereocenters. The summed E-state index contributed by atoms with van der Waals surface area (Å²) in [5, 5.41) is 21.5. The van der Waals surface area contributed by atoms with Crippen molar-refractivity contribution in [2.75, 3.05) is 13.2 Å². The number of phenols is 1. The monoisotopic (exact) mass is 846 g/mol. The fraction of sp³-hybridized carbons (Fsp3) is 0.417. The summed E-state index contributed by atoms with van der Waals surface area (Å²) in [5.41, 5.74) is 2.42. The van der Waals surface area contributed by atoms with Crippen molar-refractivity contribution in [3.8, 4) is 11.5 Å². The predicted octanol–water partition coefficient (Wildman–Crippen LogP) is 6.22. The Bertz CT molecular complexity index is 2040. The minimum Gasteiger partial charge on any atom is -0.508 e. The number of amides is 4. The number of nitrogens with one attached hydrogen (secondary N) is 5. The van der Waals surface area contributed by atoms with Crippen LogP contribution in [0.3, 0.4) is 0 Å². The molecule has 62 heavy (non-hydrogen) atoms. The van der Waals surface area contributed by atoms with Gasteiger partial charge in [0.2, 0.25) is 17.7 Å². The molecule has 330 valence electrons. The smallest absolute Gasteiger partial charge is 0.251 e. The van der Waals surface area contributed by atoms with Crippen LogP contribution in [0.25, 0.3) is 0 Å². The van der Waals surface area contributed by atoms with Crippen LogP contribution < -0.4 is 26.0 Å². The molecular weight excluding hydrogens is 785 g/mol. The molecule has 0 spiro atoms. The van der Waals surface area contributed by atoms with Gasteiger partial charge in [-0.3, -0.25) is 19.2 Å². The molecule has 6 N–H and O–H groups in total. The predicted molar refractivity (Wildman–Crippen MR) is 238 cm³/mol. The van der Waals surface area contributed by atoms with E-state index in [-0.39, 0.29) is 30.9 Å². The quantitative estimate of drug-likeness (QED) is 0.0320. The second-order valence-corrected chi connectivity index (χ2v) is 15.6. The van der Waals surface area contributed by atoms with Crippen molar-refractivity contribution >= 4 is 23.6 Å². The SMILES string of the molecule is CCCCCCCCCCCOc1ccc(C(=O)N[C@@H](Cc2cnc[nH]2)C(=O)N[C@@H](Cc2ccc(O)cc2)C(=O)N[C@@H](Cc2ccccc2)C(=O)NCCCn2ccnc2)cc1. The van der Waals surface area contributed by atoms with Crippen molar-refractivity contribution in [2.24, 2.45) is 0 Å². The molecule has 0 aliphatic rings. The van der Waals surface area contributed by atoms with Crippen molar-refractivity contribution < 1.29 is 29.0 Å². The van der Waals surface area contributed by atoms with E-state index in [9.17, 15) is 24.3 Å². The number of aromatic hydroxyl groups is 1. The van der Waals surface area contributed by atoms with E-state index >= 15 is 0 Å². The van der Waals surface area contributed by atoms with E-state index in [0.717, 1.165) is 18.4 Å². The third-order valence-corrected chi connectivity index (χ3v) is 10.6. The molecule has 2 heterocycles. The molecule has 3 aromatic carbocycles. The number of ether oxygens (including phenoxy) is 1. The molecule has 0 bridgehead atoms.